The first-order valence-corrected chi connectivity index (χ1v) is 3.53. The SMILES string of the molecule is Cc1cn([C@@H](C)C(=O)O)c(=O)[nH]1. The maximum absolute atomic E-state index is 11.0. The highest BCUT2D eigenvalue weighted by atomic mass is 16.4. The number of hydrogen-bond acceptors (Lipinski definition) is 2. The van der Waals surface area contributed by atoms with Gasteiger partial charge < -0.3 is 10.1 Å². The number of carboxylic acid groups (broad SMARTS) is 1. The van der Waals surface area contributed by atoms with Crippen molar-refractivity contribution in [2.75, 3.05) is 0 Å². The molecule has 2 N–H and O–H groups in total. The zero-order valence-electron chi connectivity index (χ0n) is 6.87. The predicted molar refractivity (Wildman–Crippen MR) is 42.1 cm³/mol. The van der Waals surface area contributed by atoms with Crippen molar-refractivity contribution in [3.05, 3.63) is 22.4 Å². The van der Waals surface area contributed by atoms with Crippen molar-refractivity contribution in [1.82, 2.24) is 9.55 Å². The molecule has 0 amide bonds. The van der Waals surface area contributed by atoms with Gasteiger partial charge in [-0.15, -0.1) is 0 Å². The van der Waals surface area contributed by atoms with Crippen LogP contribution in [-0.4, -0.2) is 20.6 Å². The number of imidazole rings is 1. The van der Waals surface area contributed by atoms with Crippen molar-refractivity contribution in [2.24, 2.45) is 0 Å². The van der Waals surface area contributed by atoms with E-state index in [1.165, 1.54) is 13.1 Å². The van der Waals surface area contributed by atoms with E-state index < -0.39 is 12.0 Å². The smallest absolute Gasteiger partial charge is 0.326 e. The average molecular weight is 170 g/mol. The molecule has 0 saturated heterocycles. The lowest BCUT2D eigenvalue weighted by atomic mass is 10.3. The Hall–Kier alpha value is -1.52. The molecular weight excluding hydrogens is 160 g/mol. The molecule has 0 bridgehead atoms. The first-order valence-electron chi connectivity index (χ1n) is 3.53. The second-order valence-electron chi connectivity index (χ2n) is 2.66. The molecule has 0 aromatic carbocycles. The number of nitrogens with zero attached hydrogens (tertiary/aromatic N) is 1. The van der Waals surface area contributed by atoms with Gasteiger partial charge >= 0.3 is 11.7 Å². The van der Waals surface area contributed by atoms with E-state index in [1.54, 1.807) is 6.92 Å². The fourth-order valence-electron chi connectivity index (χ4n) is 0.939. The van der Waals surface area contributed by atoms with Crippen LogP contribution in [-0.2, 0) is 4.79 Å². The van der Waals surface area contributed by atoms with Crippen molar-refractivity contribution in [2.45, 2.75) is 19.9 Å². The normalized spacial score (nSPS) is 12.8. The molecule has 1 rings (SSSR count). The summed E-state index contributed by atoms with van der Waals surface area (Å²) >= 11 is 0. The molecule has 0 aliphatic rings. The molecule has 0 spiro atoms. The van der Waals surface area contributed by atoms with E-state index in [0.717, 1.165) is 4.57 Å². The number of aromatic nitrogens is 2. The van der Waals surface area contributed by atoms with E-state index in [9.17, 15) is 9.59 Å². The van der Waals surface area contributed by atoms with Crippen LogP contribution in [0.5, 0.6) is 0 Å². The first-order chi connectivity index (χ1) is 5.52. The standard InChI is InChI=1S/C7H10N2O3/c1-4-3-9(7(12)8-4)5(2)6(10)11/h3,5H,1-2H3,(H,8,12)(H,10,11)/t5-/m0/s1. The van der Waals surface area contributed by atoms with Gasteiger partial charge in [-0.1, -0.05) is 0 Å². The third-order valence-corrected chi connectivity index (χ3v) is 1.65. The van der Waals surface area contributed by atoms with Crippen molar-refractivity contribution in [3.63, 3.8) is 0 Å². The van der Waals surface area contributed by atoms with Gasteiger partial charge in [0.2, 0.25) is 0 Å². The summed E-state index contributed by atoms with van der Waals surface area (Å²) in [7, 11) is 0. The molecule has 0 fully saturated rings. The summed E-state index contributed by atoms with van der Waals surface area (Å²) in [6.07, 6.45) is 1.49. The molecular formula is C7H10N2O3. The van der Waals surface area contributed by atoms with Gasteiger partial charge in [0.1, 0.15) is 6.04 Å². The van der Waals surface area contributed by atoms with Gasteiger partial charge in [-0.05, 0) is 13.8 Å². The zero-order valence-corrected chi connectivity index (χ0v) is 6.87. The number of carboxylic acids is 1. The van der Waals surface area contributed by atoms with Gasteiger partial charge in [0.05, 0.1) is 0 Å². The number of nitrogens with one attached hydrogen (secondary N) is 1. The second kappa shape index (κ2) is 2.84. The molecule has 0 radical (unpaired) electrons. The van der Waals surface area contributed by atoms with Crippen LogP contribution in [0.15, 0.2) is 11.0 Å². The van der Waals surface area contributed by atoms with E-state index in [0.29, 0.717) is 5.69 Å². The van der Waals surface area contributed by atoms with Crippen LogP contribution in [0.4, 0.5) is 0 Å². The van der Waals surface area contributed by atoms with Gasteiger partial charge in [0.15, 0.2) is 0 Å². The molecule has 0 saturated carbocycles. The number of aryl methyl sites for hydroxylation is 1. The third-order valence-electron chi connectivity index (χ3n) is 1.65. The number of hydrogen-bond donors (Lipinski definition) is 2. The van der Waals surface area contributed by atoms with Gasteiger partial charge in [-0.3, -0.25) is 4.57 Å². The Bertz CT molecular complexity index is 350. The van der Waals surface area contributed by atoms with E-state index >= 15 is 0 Å². The fraction of sp³-hybridized carbons (Fsp3) is 0.429. The Labute approximate surface area is 68.6 Å². The Morgan fingerprint density at radius 2 is 2.33 bits per heavy atom. The largest absolute Gasteiger partial charge is 0.480 e. The van der Waals surface area contributed by atoms with Crippen molar-refractivity contribution in [3.8, 4) is 0 Å². The summed E-state index contributed by atoms with van der Waals surface area (Å²) in [4.78, 5) is 24.0. The maximum atomic E-state index is 11.0. The van der Waals surface area contributed by atoms with E-state index in [-0.39, 0.29) is 5.69 Å². The monoisotopic (exact) mass is 170 g/mol. The minimum Gasteiger partial charge on any atom is -0.480 e. The lowest BCUT2D eigenvalue weighted by Crippen LogP contribution is -2.25. The second-order valence-corrected chi connectivity index (χ2v) is 2.66. The van der Waals surface area contributed by atoms with Gasteiger partial charge in [-0.25, -0.2) is 9.59 Å². The summed E-state index contributed by atoms with van der Waals surface area (Å²) in [6, 6.07) is -0.817. The Morgan fingerprint density at radius 3 is 2.67 bits per heavy atom. The third kappa shape index (κ3) is 1.39. The topological polar surface area (TPSA) is 75.1 Å². The van der Waals surface area contributed by atoms with Crippen LogP contribution in [0.2, 0.25) is 0 Å². The maximum Gasteiger partial charge on any atom is 0.326 e. The Balaban J connectivity index is 3.10. The van der Waals surface area contributed by atoms with Crippen molar-refractivity contribution >= 4 is 5.97 Å². The average Bonchev–Trinajstić information content (AvgIpc) is 2.28. The van der Waals surface area contributed by atoms with Gasteiger partial charge in [0.25, 0.3) is 0 Å². The number of carbonyl (C=O) groups is 1. The van der Waals surface area contributed by atoms with Gasteiger partial charge in [0, 0.05) is 11.9 Å². The van der Waals surface area contributed by atoms with Gasteiger partial charge in [-0.2, -0.15) is 0 Å². The lowest BCUT2D eigenvalue weighted by molar-refractivity contribution is -0.140. The highest BCUT2D eigenvalue weighted by Crippen LogP contribution is 2.01. The minimum absolute atomic E-state index is 0.387. The predicted octanol–water partition coefficient (Wildman–Crippen LogP) is 0.130. The van der Waals surface area contributed by atoms with E-state index in [2.05, 4.69) is 4.98 Å². The van der Waals surface area contributed by atoms with Crippen LogP contribution in [0.1, 0.15) is 18.7 Å². The molecule has 1 heterocycles. The van der Waals surface area contributed by atoms with Crippen LogP contribution in [0.25, 0.3) is 0 Å². The number of H-pyrrole nitrogens is 1. The highest BCUT2D eigenvalue weighted by Gasteiger charge is 2.14. The number of aliphatic carboxylic acids is 1. The molecule has 12 heavy (non-hydrogen) atoms. The minimum atomic E-state index is -1.02. The molecule has 0 unspecified atom stereocenters. The Kier molecular flexibility index (Phi) is 2.03. The summed E-state index contributed by atoms with van der Waals surface area (Å²) in [5.74, 6) is -1.02. The molecule has 1 atom stereocenters. The quantitative estimate of drug-likeness (QED) is 0.662. The Morgan fingerprint density at radius 1 is 1.75 bits per heavy atom. The molecule has 0 aliphatic heterocycles. The van der Waals surface area contributed by atoms with E-state index in [4.69, 9.17) is 5.11 Å². The first kappa shape index (κ1) is 8.58. The highest BCUT2D eigenvalue weighted by molar-refractivity contribution is 5.71. The van der Waals surface area contributed by atoms with Crippen LogP contribution < -0.4 is 5.69 Å². The summed E-state index contributed by atoms with van der Waals surface area (Å²) in [5, 5.41) is 8.60. The van der Waals surface area contributed by atoms with Crippen molar-refractivity contribution < 1.29 is 9.90 Å². The number of aromatic amines is 1. The van der Waals surface area contributed by atoms with Crippen LogP contribution >= 0.6 is 0 Å². The summed E-state index contributed by atoms with van der Waals surface area (Å²) < 4.78 is 1.15. The molecule has 5 heteroatoms. The van der Waals surface area contributed by atoms with Crippen molar-refractivity contribution in [1.29, 1.82) is 0 Å². The molecule has 1 aromatic rings. The summed E-state index contributed by atoms with van der Waals surface area (Å²) in [5.41, 5.74) is 0.274. The van der Waals surface area contributed by atoms with E-state index in [1.807, 2.05) is 0 Å². The molecule has 1 aromatic heterocycles. The van der Waals surface area contributed by atoms with Crippen LogP contribution in [0.3, 0.4) is 0 Å². The molecule has 66 valence electrons. The fourth-order valence-corrected chi connectivity index (χ4v) is 0.939. The molecule has 0 aliphatic carbocycles. The lowest BCUT2D eigenvalue weighted by Gasteiger charge is -2.04. The summed E-state index contributed by atoms with van der Waals surface area (Å²) in [6.45, 7) is 3.16. The van der Waals surface area contributed by atoms with Crippen LogP contribution in [0, 0.1) is 6.92 Å². The molecule has 5 nitrogen and oxygen atoms in total. The zero-order chi connectivity index (χ0) is 9.30. The number of rotatable bonds is 2.